The Labute approximate surface area is 190 Å². The fourth-order valence-electron chi connectivity index (χ4n) is 3.05. The molecule has 1 aromatic heterocycles. The smallest absolute Gasteiger partial charge is 0.308 e. The Bertz CT molecular complexity index is 1060. The molecule has 0 aliphatic rings. The van der Waals surface area contributed by atoms with E-state index < -0.39 is 5.97 Å². The molecule has 2 aromatic carbocycles. The van der Waals surface area contributed by atoms with E-state index in [0.29, 0.717) is 41.0 Å². The average molecular weight is 494 g/mol. The molecule has 160 valence electrons. The molecule has 0 radical (unpaired) electrons. The summed E-state index contributed by atoms with van der Waals surface area (Å²) in [6.07, 6.45) is 0. The van der Waals surface area contributed by atoms with E-state index in [-0.39, 0.29) is 29.3 Å². The van der Waals surface area contributed by atoms with Gasteiger partial charge >= 0.3 is 5.97 Å². The average Bonchev–Trinajstić information content (AvgIpc) is 3.01. The number of Topliss-reactive ketones (excluding diaryl/α,β-unsaturated/α-hetero) is 1. The molecule has 0 atom stereocenters. The van der Waals surface area contributed by atoms with Crippen LogP contribution in [0.2, 0.25) is 0 Å². The molecular formula is C22H24BrNO5S. The number of halogens is 1. The molecule has 0 aliphatic heterocycles. The van der Waals surface area contributed by atoms with Crippen molar-refractivity contribution in [3.05, 3.63) is 52.0 Å². The van der Waals surface area contributed by atoms with Gasteiger partial charge in [0.05, 0.1) is 17.0 Å². The first-order chi connectivity index (χ1) is 13.9. The van der Waals surface area contributed by atoms with Crippen molar-refractivity contribution in [1.29, 1.82) is 0 Å². The number of fused-ring (bicyclic) bond motifs is 1. The van der Waals surface area contributed by atoms with Crippen LogP contribution < -0.4 is 31.0 Å². The van der Waals surface area contributed by atoms with Crippen LogP contribution in [0.1, 0.15) is 27.9 Å². The maximum Gasteiger partial charge on any atom is 0.308 e. The number of aryl methyl sites for hydroxylation is 1. The van der Waals surface area contributed by atoms with E-state index in [1.807, 2.05) is 48.2 Å². The lowest BCUT2D eigenvalue weighted by Gasteiger charge is -2.16. The molecule has 30 heavy (non-hydrogen) atoms. The molecule has 8 heteroatoms. The minimum absolute atomic E-state index is 0. The highest BCUT2D eigenvalue weighted by Crippen LogP contribution is 2.37. The van der Waals surface area contributed by atoms with Crippen molar-refractivity contribution in [3.63, 3.8) is 0 Å². The van der Waals surface area contributed by atoms with E-state index in [0.717, 1.165) is 10.6 Å². The van der Waals surface area contributed by atoms with Gasteiger partial charge in [-0.05, 0) is 13.0 Å². The van der Waals surface area contributed by atoms with Crippen LogP contribution in [-0.2, 0) is 16.1 Å². The summed E-state index contributed by atoms with van der Waals surface area (Å²) >= 11 is 1.60. The Kier molecular flexibility index (Phi) is 8.52. The summed E-state index contributed by atoms with van der Waals surface area (Å²) in [5.41, 5.74) is 3.36. The molecule has 0 spiro atoms. The van der Waals surface area contributed by atoms with Gasteiger partial charge in [-0.3, -0.25) is 9.59 Å². The second-order valence-corrected chi connectivity index (χ2v) is 7.71. The predicted octanol–water partition coefficient (Wildman–Crippen LogP) is 0.643. The number of hydrogen-bond acceptors (Lipinski definition) is 6. The number of carbonyl (C=O) groups excluding carboxylic acids is 2. The third-order valence-corrected chi connectivity index (χ3v) is 5.67. The quantitative estimate of drug-likeness (QED) is 0.151. The zero-order valence-electron chi connectivity index (χ0n) is 17.4. The van der Waals surface area contributed by atoms with Gasteiger partial charge in [-0.1, -0.05) is 35.6 Å². The molecule has 3 rings (SSSR count). The summed E-state index contributed by atoms with van der Waals surface area (Å²) in [6.45, 7) is 6.22. The number of aromatic nitrogens is 1. The van der Waals surface area contributed by atoms with Gasteiger partial charge in [0.15, 0.2) is 5.69 Å². The van der Waals surface area contributed by atoms with Crippen molar-refractivity contribution < 1.29 is 45.3 Å². The Hall–Kier alpha value is -2.29. The predicted molar refractivity (Wildman–Crippen MR) is 111 cm³/mol. The van der Waals surface area contributed by atoms with Gasteiger partial charge < -0.3 is 31.2 Å². The van der Waals surface area contributed by atoms with Crippen LogP contribution in [0.4, 0.5) is 0 Å². The van der Waals surface area contributed by atoms with Crippen molar-refractivity contribution in [2.45, 2.75) is 27.3 Å². The largest absolute Gasteiger partial charge is 1.00 e. The van der Waals surface area contributed by atoms with Gasteiger partial charge in [0.2, 0.25) is 17.8 Å². The van der Waals surface area contributed by atoms with Crippen molar-refractivity contribution in [2.24, 2.45) is 0 Å². The molecule has 0 unspecified atom stereocenters. The van der Waals surface area contributed by atoms with Gasteiger partial charge in [-0.25, -0.2) is 0 Å². The molecule has 0 saturated carbocycles. The first kappa shape index (κ1) is 24.0. The summed E-state index contributed by atoms with van der Waals surface area (Å²) in [5.74, 6) is 0.255. The number of thiazole rings is 1. The lowest BCUT2D eigenvalue weighted by atomic mass is 10.0. The lowest BCUT2D eigenvalue weighted by molar-refractivity contribution is -0.684. The minimum atomic E-state index is -0.444. The highest BCUT2D eigenvalue weighted by atomic mass is 79.9. The Morgan fingerprint density at radius 1 is 1.10 bits per heavy atom. The van der Waals surface area contributed by atoms with E-state index in [2.05, 4.69) is 0 Å². The van der Waals surface area contributed by atoms with Crippen LogP contribution in [0.5, 0.6) is 11.5 Å². The summed E-state index contributed by atoms with van der Waals surface area (Å²) in [7, 11) is 1.59. The van der Waals surface area contributed by atoms with Crippen molar-refractivity contribution in [1.82, 2.24) is 0 Å². The highest BCUT2D eigenvalue weighted by Gasteiger charge is 2.24. The van der Waals surface area contributed by atoms with Crippen molar-refractivity contribution >= 4 is 33.9 Å². The number of ketones is 1. The van der Waals surface area contributed by atoms with E-state index >= 15 is 0 Å². The topological polar surface area (TPSA) is 65.7 Å². The minimum Gasteiger partial charge on any atom is -1.00 e. The third kappa shape index (κ3) is 5.24. The van der Waals surface area contributed by atoms with E-state index in [9.17, 15) is 9.59 Å². The monoisotopic (exact) mass is 493 g/mol. The number of nitrogens with zero attached hydrogens (tertiary/aromatic N) is 1. The molecular weight excluding hydrogens is 470 g/mol. The molecule has 6 nitrogen and oxygen atoms in total. The number of hydrogen-bond donors (Lipinski definition) is 0. The van der Waals surface area contributed by atoms with E-state index in [1.165, 1.54) is 6.92 Å². The summed E-state index contributed by atoms with van der Waals surface area (Å²) < 4.78 is 18.4. The number of methoxy groups -OCH3 is 1. The fourth-order valence-corrected chi connectivity index (χ4v) is 3.86. The lowest BCUT2D eigenvalue weighted by Crippen LogP contribution is -3.00. The van der Waals surface area contributed by atoms with Gasteiger partial charge in [-0.2, -0.15) is 4.57 Å². The Balaban J connectivity index is 0.00000320. The summed E-state index contributed by atoms with van der Waals surface area (Å²) in [5, 5.41) is 1.43. The molecule has 3 aromatic rings. The second-order valence-electron chi connectivity index (χ2n) is 6.65. The molecule has 0 saturated heterocycles. The normalized spacial score (nSPS) is 10.5. The first-order valence-electron chi connectivity index (χ1n) is 9.25. The highest BCUT2D eigenvalue weighted by molar-refractivity contribution is 7.09. The fraction of sp³-hybridized carbons (Fsp3) is 0.318. The van der Waals surface area contributed by atoms with Gasteiger partial charge in [0.25, 0.3) is 0 Å². The molecule has 1 heterocycles. The number of carbonyl (C=O) groups is 2. The summed E-state index contributed by atoms with van der Waals surface area (Å²) in [6, 6.07) is 9.01. The molecule has 0 amide bonds. The van der Waals surface area contributed by atoms with Crippen LogP contribution in [0.15, 0.2) is 35.8 Å². The Morgan fingerprint density at radius 2 is 1.80 bits per heavy atom. The zero-order valence-corrected chi connectivity index (χ0v) is 19.8. The SMILES string of the molecule is COCCOc1c(C(=O)C[n+]2csc(C)c2C)cc(OC(C)=O)c2ccccc12.[Br-]. The van der Waals surface area contributed by atoms with Crippen LogP contribution in [0.3, 0.4) is 0 Å². The number of esters is 1. The van der Waals surface area contributed by atoms with Gasteiger partial charge in [0.1, 0.15) is 18.1 Å². The summed E-state index contributed by atoms with van der Waals surface area (Å²) in [4.78, 5) is 26.0. The van der Waals surface area contributed by atoms with Gasteiger partial charge in [0, 0.05) is 31.7 Å². The first-order valence-corrected chi connectivity index (χ1v) is 10.1. The van der Waals surface area contributed by atoms with Crippen molar-refractivity contribution in [3.8, 4) is 11.5 Å². The number of benzene rings is 2. The number of rotatable bonds is 8. The maximum atomic E-state index is 13.2. The maximum absolute atomic E-state index is 13.2. The number of ether oxygens (including phenoxy) is 3. The van der Waals surface area contributed by atoms with Crippen LogP contribution >= 0.6 is 11.3 Å². The van der Waals surface area contributed by atoms with Crippen LogP contribution in [0.25, 0.3) is 10.8 Å². The van der Waals surface area contributed by atoms with E-state index in [1.54, 1.807) is 24.5 Å². The van der Waals surface area contributed by atoms with Crippen LogP contribution in [-0.4, -0.2) is 32.1 Å². The molecule has 0 aliphatic carbocycles. The standard InChI is InChI=1S/C22H24NO5S.BrH/c1-14-15(2)29-13-23(14)12-20(25)19-11-21(28-16(3)24)17-7-5-6-8-18(17)22(19)27-10-9-26-4;/h5-8,11,13H,9-10,12H2,1-4H3;1H/q+1;/p-1. The van der Waals surface area contributed by atoms with Crippen LogP contribution in [0, 0.1) is 13.8 Å². The third-order valence-electron chi connectivity index (χ3n) is 4.66. The zero-order chi connectivity index (χ0) is 21.0. The Morgan fingerprint density at radius 3 is 2.40 bits per heavy atom. The second kappa shape index (κ2) is 10.7. The van der Waals surface area contributed by atoms with Crippen molar-refractivity contribution in [2.75, 3.05) is 20.3 Å². The van der Waals surface area contributed by atoms with E-state index in [4.69, 9.17) is 14.2 Å². The van der Waals surface area contributed by atoms with Gasteiger partial charge in [-0.15, -0.1) is 0 Å². The molecule has 0 fully saturated rings. The molecule has 0 N–H and O–H groups in total. The molecule has 0 bridgehead atoms.